The van der Waals surface area contributed by atoms with Crippen molar-refractivity contribution in [2.75, 3.05) is 6.61 Å². The van der Waals surface area contributed by atoms with Gasteiger partial charge in [-0.3, -0.25) is 5.43 Å². The van der Waals surface area contributed by atoms with Crippen molar-refractivity contribution in [1.82, 2.24) is 10.7 Å². The van der Waals surface area contributed by atoms with Gasteiger partial charge in [0.25, 0.3) is 0 Å². The molecule has 0 bridgehead atoms. The van der Waals surface area contributed by atoms with Crippen LogP contribution >= 0.6 is 23.8 Å². The number of nitrogens with one attached hydrogen (secondary N) is 2. The molecule has 138 valence electrons. The van der Waals surface area contributed by atoms with Crippen LogP contribution in [0.3, 0.4) is 0 Å². The van der Waals surface area contributed by atoms with Crippen molar-refractivity contribution in [3.05, 3.63) is 58.6 Å². The van der Waals surface area contributed by atoms with Gasteiger partial charge in [0.15, 0.2) is 5.11 Å². The van der Waals surface area contributed by atoms with Gasteiger partial charge in [0, 0.05) is 6.54 Å². The summed E-state index contributed by atoms with van der Waals surface area (Å²) < 4.78 is 5.64. The number of phenols is 1. The first-order valence-electron chi connectivity index (χ1n) is 8.35. The maximum absolute atomic E-state index is 9.23. The van der Waals surface area contributed by atoms with Crippen LogP contribution in [0.2, 0.25) is 5.02 Å². The molecule has 0 heterocycles. The van der Waals surface area contributed by atoms with E-state index in [4.69, 9.17) is 28.6 Å². The molecule has 0 aliphatic heterocycles. The molecule has 2 aromatic rings. The van der Waals surface area contributed by atoms with Gasteiger partial charge in [-0.2, -0.15) is 5.10 Å². The van der Waals surface area contributed by atoms with Crippen LogP contribution in [0, 0.1) is 0 Å². The Hall–Kier alpha value is -2.31. The number of thiocarbonyl (C=S) groups is 1. The quantitative estimate of drug-likeness (QED) is 0.272. The highest BCUT2D eigenvalue weighted by Crippen LogP contribution is 2.25. The van der Waals surface area contributed by atoms with Crippen LogP contribution < -0.4 is 15.5 Å². The zero-order chi connectivity index (χ0) is 18.8. The Labute approximate surface area is 164 Å². The van der Waals surface area contributed by atoms with E-state index in [0.29, 0.717) is 29.0 Å². The second kappa shape index (κ2) is 10.6. The normalized spacial score (nSPS) is 10.7. The molecule has 0 saturated heterocycles. The van der Waals surface area contributed by atoms with Crippen LogP contribution in [0.5, 0.6) is 11.5 Å². The molecule has 5 nitrogen and oxygen atoms in total. The van der Waals surface area contributed by atoms with Gasteiger partial charge >= 0.3 is 0 Å². The summed E-state index contributed by atoms with van der Waals surface area (Å²) >= 11 is 11.4. The lowest BCUT2D eigenvalue weighted by molar-refractivity contribution is 0.309. The molecule has 0 atom stereocenters. The summed E-state index contributed by atoms with van der Waals surface area (Å²) in [6.45, 7) is 3.31. The minimum Gasteiger partial charge on any atom is -0.508 e. The van der Waals surface area contributed by atoms with Gasteiger partial charge in [-0.15, -0.1) is 0 Å². The van der Waals surface area contributed by atoms with E-state index >= 15 is 0 Å². The molecule has 0 aromatic heterocycles. The average molecular weight is 392 g/mol. The Morgan fingerprint density at radius 3 is 2.73 bits per heavy atom. The number of hydrazone groups is 1. The molecule has 2 rings (SSSR count). The Balaban J connectivity index is 1.77. The molecule has 2 aromatic carbocycles. The number of nitrogens with zero attached hydrogens (tertiary/aromatic N) is 1. The molecule has 3 N–H and O–H groups in total. The van der Waals surface area contributed by atoms with E-state index in [-0.39, 0.29) is 5.75 Å². The Bertz CT molecular complexity index is 751. The summed E-state index contributed by atoms with van der Waals surface area (Å²) in [4.78, 5) is 0. The Morgan fingerprint density at radius 2 is 2.04 bits per heavy atom. The first-order valence-corrected chi connectivity index (χ1v) is 9.14. The lowest BCUT2D eigenvalue weighted by Gasteiger charge is -2.10. The third-order valence-electron chi connectivity index (χ3n) is 3.48. The largest absolute Gasteiger partial charge is 0.508 e. The molecule has 7 heteroatoms. The molecule has 0 spiro atoms. The number of halogens is 1. The number of unbranched alkanes of at least 4 members (excludes halogenated alkanes) is 1. The van der Waals surface area contributed by atoms with E-state index in [9.17, 15) is 5.11 Å². The zero-order valence-corrected chi connectivity index (χ0v) is 16.1. The number of hydrogen-bond donors (Lipinski definition) is 3. The van der Waals surface area contributed by atoms with Crippen LogP contribution in [0.25, 0.3) is 0 Å². The topological polar surface area (TPSA) is 65.9 Å². The van der Waals surface area contributed by atoms with E-state index < -0.39 is 0 Å². The maximum Gasteiger partial charge on any atom is 0.187 e. The summed E-state index contributed by atoms with van der Waals surface area (Å²) in [7, 11) is 0. The molecule has 0 amide bonds. The lowest BCUT2D eigenvalue weighted by Crippen LogP contribution is -2.31. The third-order valence-corrected chi connectivity index (χ3v) is 4.01. The number of ether oxygens (including phenoxy) is 1. The molecular formula is C19H22ClN3O2S. The standard InChI is InChI=1S/C19H22ClN3O2S/c1-2-3-10-25-18-9-6-15(11-17(18)20)12-21-19(26)23-22-13-14-4-7-16(24)8-5-14/h4-9,11,13,24H,2-3,10,12H2,1H3,(H2,21,23,26). The van der Waals surface area contributed by atoms with Crippen molar-refractivity contribution in [2.24, 2.45) is 5.10 Å². The summed E-state index contributed by atoms with van der Waals surface area (Å²) in [5.74, 6) is 0.913. The fourth-order valence-electron chi connectivity index (χ4n) is 2.05. The van der Waals surface area contributed by atoms with E-state index in [1.165, 1.54) is 0 Å². The first kappa shape index (κ1) is 20.0. The molecule has 0 unspecified atom stereocenters. The summed E-state index contributed by atoms with van der Waals surface area (Å²) in [5, 5.41) is 17.3. The third kappa shape index (κ3) is 6.90. The molecule has 0 aliphatic rings. The van der Waals surface area contributed by atoms with E-state index in [1.807, 2.05) is 18.2 Å². The molecule has 26 heavy (non-hydrogen) atoms. The van der Waals surface area contributed by atoms with E-state index in [1.54, 1.807) is 30.5 Å². The average Bonchev–Trinajstić information content (AvgIpc) is 2.63. The van der Waals surface area contributed by atoms with Crippen molar-refractivity contribution in [1.29, 1.82) is 0 Å². The fourth-order valence-corrected chi connectivity index (χ4v) is 2.43. The van der Waals surface area contributed by atoms with Crippen LogP contribution in [0.4, 0.5) is 0 Å². The van der Waals surface area contributed by atoms with Crippen molar-refractivity contribution >= 4 is 35.1 Å². The number of phenolic OH excluding ortho intramolecular Hbond substituents is 1. The summed E-state index contributed by atoms with van der Waals surface area (Å²) in [6, 6.07) is 12.4. The SMILES string of the molecule is CCCCOc1ccc(CNC(=S)NN=Cc2ccc(O)cc2)cc1Cl. The van der Waals surface area contributed by atoms with Gasteiger partial charge in [-0.1, -0.05) is 31.0 Å². The zero-order valence-electron chi connectivity index (χ0n) is 14.5. The van der Waals surface area contributed by atoms with Crippen LogP contribution in [0.15, 0.2) is 47.6 Å². The van der Waals surface area contributed by atoms with Crippen molar-refractivity contribution in [3.8, 4) is 11.5 Å². The highest BCUT2D eigenvalue weighted by atomic mass is 35.5. The highest BCUT2D eigenvalue weighted by molar-refractivity contribution is 7.80. The van der Waals surface area contributed by atoms with Crippen LogP contribution in [-0.4, -0.2) is 23.0 Å². The predicted octanol–water partition coefficient (Wildman–Crippen LogP) is 4.22. The van der Waals surface area contributed by atoms with Gasteiger partial charge in [0.1, 0.15) is 11.5 Å². The smallest absolute Gasteiger partial charge is 0.187 e. The van der Waals surface area contributed by atoms with Crippen LogP contribution in [0.1, 0.15) is 30.9 Å². The van der Waals surface area contributed by atoms with Gasteiger partial charge in [-0.05, 0) is 66.2 Å². The molecular weight excluding hydrogens is 370 g/mol. The number of aromatic hydroxyl groups is 1. The van der Waals surface area contributed by atoms with Gasteiger partial charge in [0.05, 0.1) is 17.8 Å². The molecule has 0 saturated carbocycles. The molecule has 0 radical (unpaired) electrons. The number of hydrogen-bond acceptors (Lipinski definition) is 4. The first-order chi connectivity index (χ1) is 12.6. The van der Waals surface area contributed by atoms with Crippen molar-refractivity contribution < 1.29 is 9.84 Å². The van der Waals surface area contributed by atoms with Gasteiger partial charge in [0.2, 0.25) is 0 Å². The molecule has 0 aliphatic carbocycles. The number of rotatable bonds is 8. The summed E-state index contributed by atoms with van der Waals surface area (Å²) in [5.41, 5.74) is 4.59. The highest BCUT2D eigenvalue weighted by Gasteiger charge is 2.04. The number of benzene rings is 2. The fraction of sp³-hybridized carbons (Fsp3) is 0.263. The van der Waals surface area contributed by atoms with Gasteiger partial charge in [-0.25, -0.2) is 0 Å². The van der Waals surface area contributed by atoms with Crippen molar-refractivity contribution in [3.63, 3.8) is 0 Å². The second-order valence-electron chi connectivity index (χ2n) is 5.61. The van der Waals surface area contributed by atoms with E-state index in [0.717, 1.165) is 24.0 Å². The minimum atomic E-state index is 0.215. The lowest BCUT2D eigenvalue weighted by atomic mass is 10.2. The Morgan fingerprint density at radius 1 is 1.27 bits per heavy atom. The van der Waals surface area contributed by atoms with Crippen LogP contribution in [-0.2, 0) is 6.54 Å². The Kier molecular flexibility index (Phi) is 8.18. The monoisotopic (exact) mass is 391 g/mol. The predicted molar refractivity (Wildman–Crippen MR) is 110 cm³/mol. The van der Waals surface area contributed by atoms with Crippen molar-refractivity contribution in [2.45, 2.75) is 26.3 Å². The summed E-state index contributed by atoms with van der Waals surface area (Å²) in [6.07, 6.45) is 3.70. The maximum atomic E-state index is 9.23. The van der Waals surface area contributed by atoms with E-state index in [2.05, 4.69) is 22.8 Å². The minimum absolute atomic E-state index is 0.215. The second-order valence-corrected chi connectivity index (χ2v) is 6.43. The van der Waals surface area contributed by atoms with Gasteiger partial charge < -0.3 is 15.2 Å². The molecule has 0 fully saturated rings.